The molecule has 0 saturated heterocycles. The first-order valence-corrected chi connectivity index (χ1v) is 8.47. The molecule has 0 bridgehead atoms. The van der Waals surface area contributed by atoms with Crippen LogP contribution in [0, 0.1) is 0 Å². The number of carbonyl (C=O) groups is 1. The number of benzene rings is 2. The van der Waals surface area contributed by atoms with E-state index in [9.17, 15) is 4.79 Å². The predicted molar refractivity (Wildman–Crippen MR) is 97.8 cm³/mol. The summed E-state index contributed by atoms with van der Waals surface area (Å²) < 4.78 is 0. The third-order valence-electron chi connectivity index (χ3n) is 4.10. The van der Waals surface area contributed by atoms with Gasteiger partial charge < -0.3 is 4.90 Å². The largest absolute Gasteiger partial charge is 0.333 e. The fourth-order valence-corrected chi connectivity index (χ4v) is 2.75. The minimum atomic E-state index is -0.00180. The number of hydrogen-bond donors (Lipinski definition) is 0. The van der Waals surface area contributed by atoms with E-state index in [1.54, 1.807) is 0 Å². The number of fused-ring (bicyclic) bond motifs is 1. The van der Waals surface area contributed by atoms with Gasteiger partial charge in [0, 0.05) is 18.5 Å². The van der Waals surface area contributed by atoms with Crippen molar-refractivity contribution in [3.8, 4) is 0 Å². The second kappa shape index (κ2) is 7.73. The molecule has 0 fully saturated rings. The fraction of sp³-hybridized carbons (Fsp3) is 0.238. The molecule has 0 aliphatic heterocycles. The molecule has 0 saturated carbocycles. The number of carbonyl (C=O) groups excluding carboxylic acids is 1. The van der Waals surface area contributed by atoms with Crippen LogP contribution < -0.4 is 0 Å². The van der Waals surface area contributed by atoms with E-state index in [0.29, 0.717) is 12.2 Å². The molecule has 1 amide bonds. The second-order valence-corrected chi connectivity index (χ2v) is 5.96. The van der Waals surface area contributed by atoms with Crippen LogP contribution >= 0.6 is 0 Å². The lowest BCUT2D eigenvalue weighted by molar-refractivity contribution is 0.0735. The summed E-state index contributed by atoms with van der Waals surface area (Å²) in [4.78, 5) is 19.4. The van der Waals surface area contributed by atoms with Crippen LogP contribution in [0.2, 0.25) is 0 Å². The third-order valence-corrected chi connectivity index (χ3v) is 4.10. The Labute approximate surface area is 143 Å². The molecule has 0 spiro atoms. The maximum absolute atomic E-state index is 13.0. The van der Waals surface area contributed by atoms with E-state index < -0.39 is 0 Å². The van der Waals surface area contributed by atoms with Crippen LogP contribution in [0.3, 0.4) is 0 Å². The molecule has 3 nitrogen and oxygen atoms in total. The Balaban J connectivity index is 1.85. The summed E-state index contributed by atoms with van der Waals surface area (Å²) in [6.45, 7) is 3.51. The number of hydrogen-bond acceptors (Lipinski definition) is 2. The van der Waals surface area contributed by atoms with Crippen molar-refractivity contribution < 1.29 is 4.79 Å². The van der Waals surface area contributed by atoms with Crippen molar-refractivity contribution in [3.63, 3.8) is 0 Å². The molecule has 122 valence electrons. The van der Waals surface area contributed by atoms with Gasteiger partial charge in [-0.2, -0.15) is 0 Å². The van der Waals surface area contributed by atoms with Crippen LogP contribution in [0.5, 0.6) is 0 Å². The molecule has 0 N–H and O–H groups in total. The highest BCUT2D eigenvalue weighted by Crippen LogP contribution is 2.15. The van der Waals surface area contributed by atoms with Gasteiger partial charge in [0.15, 0.2) is 0 Å². The van der Waals surface area contributed by atoms with Crippen LogP contribution in [0.1, 0.15) is 35.8 Å². The highest BCUT2D eigenvalue weighted by Gasteiger charge is 2.17. The average molecular weight is 318 g/mol. The Kier molecular flexibility index (Phi) is 5.22. The van der Waals surface area contributed by atoms with Crippen LogP contribution in [0.4, 0.5) is 0 Å². The number of nitrogens with zero attached hydrogens (tertiary/aromatic N) is 2. The summed E-state index contributed by atoms with van der Waals surface area (Å²) in [6, 6.07) is 21.8. The molecule has 0 atom stereocenters. The molecular weight excluding hydrogens is 296 g/mol. The van der Waals surface area contributed by atoms with Gasteiger partial charge in [0.1, 0.15) is 5.69 Å². The first-order chi connectivity index (χ1) is 11.8. The standard InChI is InChI=1S/C21H22N2O/c1-2-3-15-23(16-17-9-5-4-6-10-17)21(24)20-14-13-18-11-7-8-12-19(18)22-20/h4-14H,2-3,15-16H2,1H3. The summed E-state index contributed by atoms with van der Waals surface area (Å²) in [5.41, 5.74) is 2.52. The molecule has 0 radical (unpaired) electrons. The van der Waals surface area contributed by atoms with Gasteiger partial charge in [0.05, 0.1) is 5.52 Å². The van der Waals surface area contributed by atoms with Gasteiger partial charge in [-0.3, -0.25) is 4.79 Å². The van der Waals surface area contributed by atoms with Gasteiger partial charge in [-0.25, -0.2) is 4.98 Å². The molecule has 0 aliphatic rings. The van der Waals surface area contributed by atoms with Crippen molar-refractivity contribution in [2.75, 3.05) is 6.54 Å². The topological polar surface area (TPSA) is 33.2 Å². The zero-order chi connectivity index (χ0) is 16.8. The van der Waals surface area contributed by atoms with Crippen molar-refractivity contribution >= 4 is 16.8 Å². The fourth-order valence-electron chi connectivity index (χ4n) is 2.75. The Hall–Kier alpha value is -2.68. The SMILES string of the molecule is CCCCN(Cc1ccccc1)C(=O)c1ccc2ccccc2n1. The summed E-state index contributed by atoms with van der Waals surface area (Å²) in [5.74, 6) is -0.00180. The molecule has 0 unspecified atom stereocenters. The van der Waals surface area contributed by atoms with Crippen molar-refractivity contribution in [1.29, 1.82) is 0 Å². The van der Waals surface area contributed by atoms with Crippen molar-refractivity contribution in [2.24, 2.45) is 0 Å². The van der Waals surface area contributed by atoms with Gasteiger partial charge in [-0.1, -0.05) is 67.9 Å². The van der Waals surface area contributed by atoms with Crippen molar-refractivity contribution in [1.82, 2.24) is 9.88 Å². The lowest BCUT2D eigenvalue weighted by Gasteiger charge is -2.22. The maximum atomic E-state index is 13.0. The summed E-state index contributed by atoms with van der Waals surface area (Å²) in [6.07, 6.45) is 2.05. The number of para-hydroxylation sites is 1. The van der Waals surface area contributed by atoms with Gasteiger partial charge >= 0.3 is 0 Å². The predicted octanol–water partition coefficient (Wildman–Crippen LogP) is 4.68. The van der Waals surface area contributed by atoms with E-state index in [1.165, 1.54) is 0 Å². The minimum Gasteiger partial charge on any atom is -0.333 e. The van der Waals surface area contributed by atoms with Crippen molar-refractivity contribution in [2.45, 2.75) is 26.3 Å². The van der Waals surface area contributed by atoms with E-state index in [0.717, 1.165) is 35.9 Å². The van der Waals surface area contributed by atoms with E-state index in [1.807, 2.05) is 59.5 Å². The smallest absolute Gasteiger partial charge is 0.272 e. The Morgan fingerprint density at radius 1 is 0.958 bits per heavy atom. The molecule has 24 heavy (non-hydrogen) atoms. The van der Waals surface area contributed by atoms with Crippen LogP contribution in [-0.2, 0) is 6.54 Å². The van der Waals surface area contributed by atoms with Gasteiger partial charge in [0.25, 0.3) is 5.91 Å². The molecule has 1 heterocycles. The average Bonchev–Trinajstić information content (AvgIpc) is 2.65. The molecule has 3 rings (SSSR count). The first-order valence-electron chi connectivity index (χ1n) is 8.47. The van der Waals surface area contributed by atoms with Gasteiger partial charge in [-0.05, 0) is 24.1 Å². The lowest BCUT2D eigenvalue weighted by atomic mass is 10.1. The van der Waals surface area contributed by atoms with Crippen LogP contribution in [0.15, 0.2) is 66.7 Å². The monoisotopic (exact) mass is 318 g/mol. The highest BCUT2D eigenvalue weighted by atomic mass is 16.2. The number of amides is 1. The van der Waals surface area contributed by atoms with Crippen LogP contribution in [-0.4, -0.2) is 22.3 Å². The lowest BCUT2D eigenvalue weighted by Crippen LogP contribution is -2.32. The Morgan fingerprint density at radius 3 is 2.50 bits per heavy atom. The van der Waals surface area contributed by atoms with Gasteiger partial charge in [0.2, 0.25) is 0 Å². The highest BCUT2D eigenvalue weighted by molar-refractivity contribution is 5.94. The molecule has 3 aromatic rings. The zero-order valence-corrected chi connectivity index (χ0v) is 14.0. The third kappa shape index (κ3) is 3.80. The summed E-state index contributed by atoms with van der Waals surface area (Å²) in [7, 11) is 0. The maximum Gasteiger partial charge on any atom is 0.272 e. The minimum absolute atomic E-state index is 0.00180. The number of rotatable bonds is 6. The molecule has 0 aliphatic carbocycles. The normalized spacial score (nSPS) is 10.7. The number of pyridine rings is 1. The Morgan fingerprint density at radius 2 is 1.71 bits per heavy atom. The van der Waals surface area contributed by atoms with E-state index >= 15 is 0 Å². The molecule has 1 aromatic heterocycles. The molecule has 2 aromatic carbocycles. The first kappa shape index (κ1) is 16.2. The summed E-state index contributed by atoms with van der Waals surface area (Å²) >= 11 is 0. The van der Waals surface area contributed by atoms with Gasteiger partial charge in [-0.15, -0.1) is 0 Å². The second-order valence-electron chi connectivity index (χ2n) is 5.96. The van der Waals surface area contributed by atoms with Crippen LogP contribution in [0.25, 0.3) is 10.9 Å². The molecular formula is C21H22N2O. The number of aromatic nitrogens is 1. The quantitative estimate of drug-likeness (QED) is 0.661. The number of unbranched alkanes of at least 4 members (excludes halogenated alkanes) is 1. The van der Waals surface area contributed by atoms with E-state index in [2.05, 4.69) is 24.0 Å². The van der Waals surface area contributed by atoms with E-state index in [4.69, 9.17) is 0 Å². The van der Waals surface area contributed by atoms with E-state index in [-0.39, 0.29) is 5.91 Å². The zero-order valence-electron chi connectivity index (χ0n) is 14.0. The molecule has 3 heteroatoms. The summed E-state index contributed by atoms with van der Waals surface area (Å²) in [5, 5.41) is 1.05. The van der Waals surface area contributed by atoms with Crippen molar-refractivity contribution in [3.05, 3.63) is 78.0 Å². The Bertz CT molecular complexity index is 814.